The van der Waals surface area contributed by atoms with Gasteiger partial charge in [-0.15, -0.1) is 0 Å². The quantitative estimate of drug-likeness (QED) is 0.435. The highest BCUT2D eigenvalue weighted by atomic mass is 32.2. The third-order valence-electron chi connectivity index (χ3n) is 5.90. The van der Waals surface area contributed by atoms with Gasteiger partial charge in [-0.3, -0.25) is 14.2 Å². The molecule has 1 fully saturated rings. The van der Waals surface area contributed by atoms with E-state index in [9.17, 15) is 9.59 Å². The molecule has 1 aliphatic carbocycles. The summed E-state index contributed by atoms with van der Waals surface area (Å²) in [6.07, 6.45) is 4.43. The zero-order valence-electron chi connectivity index (χ0n) is 18.3. The molecule has 0 saturated heterocycles. The van der Waals surface area contributed by atoms with Crippen molar-refractivity contribution in [3.63, 3.8) is 0 Å². The second-order valence-electron chi connectivity index (χ2n) is 8.52. The largest absolute Gasteiger partial charge is 0.352 e. The summed E-state index contributed by atoms with van der Waals surface area (Å²) in [6.45, 7) is 6.11. The van der Waals surface area contributed by atoms with E-state index in [-0.39, 0.29) is 28.7 Å². The van der Waals surface area contributed by atoms with Gasteiger partial charge in [0.2, 0.25) is 5.91 Å². The van der Waals surface area contributed by atoms with Gasteiger partial charge >= 0.3 is 0 Å². The molecule has 4 rings (SSSR count). The Hall–Kier alpha value is -2.60. The number of carbonyl (C=O) groups is 1. The normalized spacial score (nSPS) is 15.5. The van der Waals surface area contributed by atoms with E-state index in [4.69, 9.17) is 4.98 Å². The van der Waals surface area contributed by atoms with Crippen LogP contribution in [0.15, 0.2) is 58.5 Å². The topological polar surface area (TPSA) is 64.0 Å². The second-order valence-corrected chi connectivity index (χ2v) is 9.82. The van der Waals surface area contributed by atoms with Gasteiger partial charge in [-0.05, 0) is 49.4 Å². The lowest BCUT2D eigenvalue weighted by Crippen LogP contribution is -2.38. The number of amides is 1. The van der Waals surface area contributed by atoms with Crippen molar-refractivity contribution >= 4 is 28.6 Å². The molecule has 1 saturated carbocycles. The fraction of sp³-hybridized carbons (Fsp3) is 0.400. The molecular weight excluding hydrogens is 406 g/mol. The average Bonchev–Trinajstić information content (AvgIpc) is 3.27. The minimum atomic E-state index is -0.355. The summed E-state index contributed by atoms with van der Waals surface area (Å²) in [5.74, 6) is 0.249. The molecule has 1 unspecified atom stereocenters. The lowest BCUT2D eigenvalue weighted by molar-refractivity contribution is -0.120. The number of nitrogens with one attached hydrogen (secondary N) is 1. The standard InChI is InChI=1S/C25H29N3O2S/c1-16(2)19-12-7-9-15-22(19)28-24(30)20-13-6-8-14-21(20)27-25(28)31-17(3)23(29)26-18-10-4-5-11-18/h6-9,12-18H,4-5,10-11H2,1-3H3,(H,26,29). The zero-order valence-corrected chi connectivity index (χ0v) is 19.1. The van der Waals surface area contributed by atoms with Gasteiger partial charge in [0.1, 0.15) is 0 Å². The van der Waals surface area contributed by atoms with Crippen LogP contribution in [0, 0.1) is 0 Å². The molecule has 1 heterocycles. The van der Waals surface area contributed by atoms with Crippen LogP contribution < -0.4 is 10.9 Å². The smallest absolute Gasteiger partial charge is 0.266 e. The van der Waals surface area contributed by atoms with Crippen LogP contribution in [0.3, 0.4) is 0 Å². The molecule has 1 amide bonds. The van der Waals surface area contributed by atoms with Gasteiger partial charge in [-0.2, -0.15) is 0 Å². The van der Waals surface area contributed by atoms with Crippen LogP contribution in [-0.2, 0) is 4.79 Å². The highest BCUT2D eigenvalue weighted by Crippen LogP contribution is 2.29. The highest BCUT2D eigenvalue weighted by molar-refractivity contribution is 8.00. The molecular formula is C25H29N3O2S. The van der Waals surface area contributed by atoms with E-state index >= 15 is 0 Å². The van der Waals surface area contributed by atoms with Crippen LogP contribution in [0.2, 0.25) is 0 Å². The fourth-order valence-corrected chi connectivity index (χ4v) is 5.11. The van der Waals surface area contributed by atoms with E-state index in [2.05, 4.69) is 19.2 Å². The first-order valence-electron chi connectivity index (χ1n) is 11.0. The van der Waals surface area contributed by atoms with Crippen molar-refractivity contribution in [3.8, 4) is 5.69 Å². The molecule has 2 aromatic carbocycles. The first-order valence-corrected chi connectivity index (χ1v) is 11.9. The average molecular weight is 436 g/mol. The number of carbonyl (C=O) groups excluding carboxylic acids is 1. The maximum absolute atomic E-state index is 13.6. The Balaban J connectivity index is 1.78. The number of thioether (sulfide) groups is 1. The van der Waals surface area contributed by atoms with Gasteiger partial charge in [0.15, 0.2) is 5.16 Å². The predicted octanol–water partition coefficient (Wildman–Crippen LogP) is 5.05. The molecule has 6 heteroatoms. The van der Waals surface area contributed by atoms with Gasteiger partial charge in [-0.1, -0.05) is 68.8 Å². The number of para-hydroxylation sites is 2. The second kappa shape index (κ2) is 9.27. The molecule has 3 aromatic rings. The van der Waals surface area contributed by atoms with Crippen LogP contribution in [0.25, 0.3) is 16.6 Å². The SMILES string of the molecule is CC(Sc1nc2ccccc2c(=O)n1-c1ccccc1C(C)C)C(=O)NC1CCCC1. The summed E-state index contributed by atoms with van der Waals surface area (Å²) in [5, 5.41) is 3.93. The van der Waals surface area contributed by atoms with Crippen molar-refractivity contribution in [3.05, 3.63) is 64.4 Å². The minimum Gasteiger partial charge on any atom is -0.352 e. The zero-order chi connectivity index (χ0) is 22.0. The predicted molar refractivity (Wildman–Crippen MR) is 127 cm³/mol. The summed E-state index contributed by atoms with van der Waals surface area (Å²) in [5.41, 5.74) is 2.44. The third-order valence-corrected chi connectivity index (χ3v) is 6.95. The lowest BCUT2D eigenvalue weighted by atomic mass is 10.0. The van der Waals surface area contributed by atoms with Crippen molar-refractivity contribution < 1.29 is 4.79 Å². The minimum absolute atomic E-state index is 0.00278. The lowest BCUT2D eigenvalue weighted by Gasteiger charge is -2.20. The van der Waals surface area contributed by atoms with Crippen LogP contribution in [0.1, 0.15) is 57.9 Å². The molecule has 0 bridgehead atoms. The molecule has 1 aromatic heterocycles. The number of hydrogen-bond acceptors (Lipinski definition) is 4. The number of aromatic nitrogens is 2. The first-order chi connectivity index (χ1) is 15.0. The molecule has 1 aliphatic rings. The van der Waals surface area contributed by atoms with Crippen molar-refractivity contribution in [2.24, 2.45) is 0 Å². The van der Waals surface area contributed by atoms with Crippen molar-refractivity contribution in [2.75, 3.05) is 0 Å². The monoisotopic (exact) mass is 435 g/mol. The summed E-state index contributed by atoms with van der Waals surface area (Å²) in [7, 11) is 0. The Morgan fingerprint density at radius 1 is 1.06 bits per heavy atom. The van der Waals surface area contributed by atoms with E-state index in [1.165, 1.54) is 24.6 Å². The van der Waals surface area contributed by atoms with E-state index < -0.39 is 0 Å². The number of rotatable bonds is 6. The molecule has 5 nitrogen and oxygen atoms in total. The molecule has 162 valence electrons. The Bertz CT molecular complexity index is 1150. The molecule has 0 aliphatic heterocycles. The Kier molecular flexibility index (Phi) is 6.46. The summed E-state index contributed by atoms with van der Waals surface area (Å²) >= 11 is 1.35. The van der Waals surface area contributed by atoms with Crippen LogP contribution in [0.5, 0.6) is 0 Å². The maximum atomic E-state index is 13.6. The van der Waals surface area contributed by atoms with Crippen molar-refractivity contribution in [1.82, 2.24) is 14.9 Å². The van der Waals surface area contributed by atoms with E-state index in [1.54, 1.807) is 4.57 Å². The van der Waals surface area contributed by atoms with E-state index in [0.29, 0.717) is 16.1 Å². The number of hydrogen-bond donors (Lipinski definition) is 1. The van der Waals surface area contributed by atoms with Crippen molar-refractivity contribution in [1.29, 1.82) is 0 Å². The van der Waals surface area contributed by atoms with Crippen molar-refractivity contribution in [2.45, 2.75) is 68.8 Å². The first kappa shape index (κ1) is 21.6. The number of fused-ring (bicyclic) bond motifs is 1. The molecule has 31 heavy (non-hydrogen) atoms. The van der Waals surface area contributed by atoms with Gasteiger partial charge in [0.05, 0.1) is 21.8 Å². The van der Waals surface area contributed by atoms with E-state index in [1.807, 2.05) is 55.5 Å². The number of benzene rings is 2. The molecule has 0 radical (unpaired) electrons. The molecule has 0 spiro atoms. The fourth-order valence-electron chi connectivity index (χ4n) is 4.18. The third kappa shape index (κ3) is 4.54. The van der Waals surface area contributed by atoms with Gasteiger partial charge in [0.25, 0.3) is 5.56 Å². The Morgan fingerprint density at radius 3 is 2.48 bits per heavy atom. The summed E-state index contributed by atoms with van der Waals surface area (Å²) < 4.78 is 1.68. The highest BCUT2D eigenvalue weighted by Gasteiger charge is 2.24. The van der Waals surface area contributed by atoms with Crippen LogP contribution in [-0.4, -0.2) is 26.8 Å². The van der Waals surface area contributed by atoms with Crippen LogP contribution in [0.4, 0.5) is 0 Å². The number of nitrogens with zero attached hydrogens (tertiary/aromatic N) is 2. The summed E-state index contributed by atoms with van der Waals surface area (Å²) in [6, 6.07) is 15.6. The molecule has 1 atom stereocenters. The van der Waals surface area contributed by atoms with Gasteiger partial charge < -0.3 is 5.32 Å². The van der Waals surface area contributed by atoms with Gasteiger partial charge in [0, 0.05) is 6.04 Å². The van der Waals surface area contributed by atoms with Gasteiger partial charge in [-0.25, -0.2) is 4.98 Å². The Labute approximate surface area is 187 Å². The maximum Gasteiger partial charge on any atom is 0.266 e. The molecule has 1 N–H and O–H groups in total. The van der Waals surface area contributed by atoms with E-state index in [0.717, 1.165) is 24.1 Å². The Morgan fingerprint density at radius 2 is 1.74 bits per heavy atom. The summed E-state index contributed by atoms with van der Waals surface area (Å²) in [4.78, 5) is 31.2. The van der Waals surface area contributed by atoms with Crippen LogP contribution >= 0.6 is 11.8 Å².